The van der Waals surface area contributed by atoms with E-state index in [2.05, 4.69) is 20.6 Å². The Labute approximate surface area is 260 Å². The van der Waals surface area contributed by atoms with Crippen molar-refractivity contribution in [2.24, 2.45) is 11.5 Å². The predicted molar refractivity (Wildman–Crippen MR) is 173 cm³/mol. The summed E-state index contributed by atoms with van der Waals surface area (Å²) in [5, 5.41) is 21.3. The molecule has 0 spiro atoms. The number of rotatable bonds is 14. The van der Waals surface area contributed by atoms with Crippen molar-refractivity contribution in [3.63, 3.8) is 0 Å². The van der Waals surface area contributed by atoms with Crippen LogP contribution >= 0.6 is 11.6 Å². The normalized spacial score (nSPS) is 12.7. The largest absolute Gasteiger partial charge is 0.372 e. The smallest absolute Gasteiger partial charge is 0.354 e. The van der Waals surface area contributed by atoms with E-state index in [-0.39, 0.29) is 23.1 Å². The Hall–Kier alpha value is -4.26. The zero-order valence-corrected chi connectivity index (χ0v) is 25.6. The SMILES string of the molecule is CC(=N)NC[C@H](CCNC(=N)N)OCc1ccc(-n2cc3cc(-c4cc(CCC[C@H](C)N)cc(Cl)c4F)[nH]c3nc2=O)cc1. The van der Waals surface area contributed by atoms with Crippen LogP contribution in [0.4, 0.5) is 4.39 Å². The van der Waals surface area contributed by atoms with Crippen LogP contribution in [-0.2, 0) is 17.8 Å². The zero-order valence-electron chi connectivity index (χ0n) is 24.8. The van der Waals surface area contributed by atoms with Gasteiger partial charge in [-0.05, 0) is 81.0 Å². The van der Waals surface area contributed by atoms with Gasteiger partial charge in [0.2, 0.25) is 0 Å². The lowest BCUT2D eigenvalue weighted by Gasteiger charge is -2.19. The molecule has 2 heterocycles. The molecule has 0 unspecified atom stereocenters. The lowest BCUT2D eigenvalue weighted by Crippen LogP contribution is -2.37. The number of fused-ring (bicyclic) bond motifs is 1. The Kier molecular flexibility index (Phi) is 11.1. The summed E-state index contributed by atoms with van der Waals surface area (Å²) in [5.41, 5.74) is 14.3. The maximum absolute atomic E-state index is 15.1. The van der Waals surface area contributed by atoms with Crippen molar-refractivity contribution in [1.82, 2.24) is 25.2 Å². The van der Waals surface area contributed by atoms with Crippen LogP contribution in [0.3, 0.4) is 0 Å². The average molecular weight is 624 g/mol. The van der Waals surface area contributed by atoms with Crippen LogP contribution in [0.15, 0.2) is 53.5 Å². The molecule has 0 aliphatic heterocycles. The molecule has 234 valence electrons. The van der Waals surface area contributed by atoms with Crippen molar-refractivity contribution in [1.29, 1.82) is 10.8 Å². The Balaban J connectivity index is 1.50. The van der Waals surface area contributed by atoms with Gasteiger partial charge >= 0.3 is 5.69 Å². The Morgan fingerprint density at radius 2 is 1.91 bits per heavy atom. The summed E-state index contributed by atoms with van der Waals surface area (Å²) >= 11 is 6.23. The summed E-state index contributed by atoms with van der Waals surface area (Å²) in [6.07, 6.45) is 4.48. The van der Waals surface area contributed by atoms with E-state index in [1.54, 1.807) is 43.5 Å². The molecule has 44 heavy (non-hydrogen) atoms. The highest BCUT2D eigenvalue weighted by molar-refractivity contribution is 6.31. The van der Waals surface area contributed by atoms with Crippen LogP contribution < -0.4 is 27.8 Å². The molecule has 0 aliphatic carbocycles. The van der Waals surface area contributed by atoms with Crippen molar-refractivity contribution in [2.45, 2.75) is 58.3 Å². The first-order valence-electron chi connectivity index (χ1n) is 14.4. The average Bonchev–Trinajstić information content (AvgIpc) is 3.38. The molecule has 0 aliphatic rings. The van der Waals surface area contributed by atoms with Crippen molar-refractivity contribution >= 4 is 34.4 Å². The quantitative estimate of drug-likeness (QED) is 0.0811. The minimum absolute atomic E-state index is 0.0358. The fourth-order valence-electron chi connectivity index (χ4n) is 4.78. The van der Waals surface area contributed by atoms with Gasteiger partial charge in [0.15, 0.2) is 11.8 Å². The minimum Gasteiger partial charge on any atom is -0.372 e. The van der Waals surface area contributed by atoms with Crippen LogP contribution in [0.2, 0.25) is 5.02 Å². The van der Waals surface area contributed by atoms with Gasteiger partial charge in [0, 0.05) is 36.3 Å². The van der Waals surface area contributed by atoms with Crippen molar-refractivity contribution in [2.75, 3.05) is 13.1 Å². The number of aromatic amines is 1. The lowest BCUT2D eigenvalue weighted by molar-refractivity contribution is 0.0389. The van der Waals surface area contributed by atoms with Gasteiger partial charge in [-0.3, -0.25) is 15.4 Å². The molecule has 4 aromatic rings. The third kappa shape index (κ3) is 8.88. The minimum atomic E-state index is -0.539. The van der Waals surface area contributed by atoms with E-state index in [1.807, 2.05) is 19.1 Å². The number of nitrogens with two attached hydrogens (primary N) is 2. The molecule has 2 aromatic heterocycles. The summed E-state index contributed by atoms with van der Waals surface area (Å²) in [6, 6.07) is 12.6. The van der Waals surface area contributed by atoms with Crippen LogP contribution in [0.5, 0.6) is 0 Å². The molecule has 0 radical (unpaired) electrons. The molecule has 4 rings (SSSR count). The van der Waals surface area contributed by atoms with Gasteiger partial charge in [0.05, 0.1) is 35.0 Å². The highest BCUT2D eigenvalue weighted by Gasteiger charge is 2.16. The van der Waals surface area contributed by atoms with Gasteiger partial charge in [-0.15, -0.1) is 0 Å². The molecule has 0 fully saturated rings. The number of nitrogens with one attached hydrogen (secondary N) is 5. The third-order valence-corrected chi connectivity index (χ3v) is 7.36. The second-order valence-electron chi connectivity index (χ2n) is 10.9. The lowest BCUT2D eigenvalue weighted by atomic mass is 10.0. The molecule has 0 bridgehead atoms. The van der Waals surface area contributed by atoms with E-state index in [0.717, 1.165) is 30.4 Å². The van der Waals surface area contributed by atoms with Crippen molar-refractivity contribution in [3.05, 3.63) is 81.1 Å². The number of nitrogens with zero attached hydrogens (tertiary/aromatic N) is 2. The first-order valence-corrected chi connectivity index (χ1v) is 14.8. The monoisotopic (exact) mass is 623 g/mol. The zero-order chi connectivity index (χ0) is 31.8. The number of amidine groups is 1. The molecule has 0 saturated carbocycles. The standard InChI is InChI=1S/C31H39ClFN9O2/c1-18(34)4-3-5-21-12-25(28(33)26(32)13-21)27-14-22-16-42(31(43)41-29(22)40-27)23-8-6-20(7-9-23)17-44-24(15-39-19(2)35)10-11-38-30(36)37/h6-9,12-14,16,18,24H,3-5,10-11,15,17,34H2,1-2H3,(H2,35,39)(H4,36,37,38)(H,40,41,43)/t18-,24-/m0/s1. The van der Waals surface area contributed by atoms with Crippen molar-refractivity contribution < 1.29 is 9.13 Å². The fourth-order valence-corrected chi connectivity index (χ4v) is 5.03. The maximum Gasteiger partial charge on any atom is 0.354 e. The molecule has 11 nitrogen and oxygen atoms in total. The van der Waals surface area contributed by atoms with Gasteiger partial charge in [-0.25, -0.2) is 9.18 Å². The maximum atomic E-state index is 15.1. The molecule has 9 N–H and O–H groups in total. The number of hydrogen-bond donors (Lipinski definition) is 7. The molecule has 13 heteroatoms. The van der Waals surface area contributed by atoms with E-state index >= 15 is 4.39 Å². The molecule has 0 amide bonds. The van der Waals surface area contributed by atoms with Crippen LogP contribution in [0, 0.1) is 16.6 Å². The number of halogens is 2. The van der Waals surface area contributed by atoms with Crippen LogP contribution in [0.25, 0.3) is 28.0 Å². The fraction of sp³-hybridized carbons (Fsp3) is 0.355. The topological polar surface area (TPSA) is 184 Å². The number of aromatic nitrogens is 3. The molecular weight excluding hydrogens is 585 g/mol. The predicted octanol–water partition coefficient (Wildman–Crippen LogP) is 4.19. The van der Waals surface area contributed by atoms with Gasteiger partial charge in [0.1, 0.15) is 5.65 Å². The molecule has 2 aromatic carbocycles. The molecule has 0 saturated heterocycles. The first kappa shape index (κ1) is 32.6. The molecular formula is C31H39ClFN9O2. The Morgan fingerprint density at radius 3 is 2.59 bits per heavy atom. The summed E-state index contributed by atoms with van der Waals surface area (Å²) in [5.74, 6) is -0.310. The van der Waals surface area contributed by atoms with Crippen molar-refractivity contribution in [3.8, 4) is 16.9 Å². The highest BCUT2D eigenvalue weighted by Crippen LogP contribution is 2.31. The van der Waals surface area contributed by atoms with Gasteiger partial charge in [-0.2, -0.15) is 4.98 Å². The number of ether oxygens (including phenoxy) is 1. The van der Waals surface area contributed by atoms with Gasteiger partial charge in [-0.1, -0.05) is 23.7 Å². The second kappa shape index (κ2) is 15.0. The number of H-pyrrole nitrogens is 1. The summed E-state index contributed by atoms with van der Waals surface area (Å²) in [6.45, 7) is 4.84. The number of guanidine groups is 1. The molecule has 2 atom stereocenters. The van der Waals surface area contributed by atoms with Crippen LogP contribution in [0.1, 0.15) is 44.2 Å². The van der Waals surface area contributed by atoms with Gasteiger partial charge < -0.3 is 31.8 Å². The summed E-state index contributed by atoms with van der Waals surface area (Å²) < 4.78 is 22.6. The highest BCUT2D eigenvalue weighted by atomic mass is 35.5. The Morgan fingerprint density at radius 1 is 1.16 bits per heavy atom. The second-order valence-corrected chi connectivity index (χ2v) is 11.3. The number of benzene rings is 2. The van der Waals surface area contributed by atoms with Crippen LogP contribution in [-0.4, -0.2) is 51.6 Å². The number of aryl methyl sites for hydroxylation is 1. The summed E-state index contributed by atoms with van der Waals surface area (Å²) in [7, 11) is 0. The van der Waals surface area contributed by atoms with E-state index in [0.29, 0.717) is 59.9 Å². The van der Waals surface area contributed by atoms with E-state index in [9.17, 15) is 4.79 Å². The van der Waals surface area contributed by atoms with E-state index in [1.165, 1.54) is 4.57 Å². The van der Waals surface area contributed by atoms with E-state index in [4.69, 9.17) is 38.6 Å². The van der Waals surface area contributed by atoms with Gasteiger partial charge in [0.25, 0.3) is 0 Å². The third-order valence-electron chi connectivity index (χ3n) is 7.09. The number of hydrogen-bond acceptors (Lipinski definition) is 6. The van der Waals surface area contributed by atoms with E-state index < -0.39 is 11.5 Å². The first-order chi connectivity index (χ1) is 21.0. The summed E-state index contributed by atoms with van der Waals surface area (Å²) in [4.78, 5) is 20.2. The Bertz CT molecular complexity index is 1670.